The Kier molecular flexibility index (Phi) is 4.98. The van der Waals surface area contributed by atoms with Crippen molar-refractivity contribution < 1.29 is 24.2 Å². The second kappa shape index (κ2) is 6.93. The highest BCUT2D eigenvalue weighted by Gasteiger charge is 2.29. The fraction of sp³-hybridized carbons (Fsp3) is 0.400. The summed E-state index contributed by atoms with van der Waals surface area (Å²) in [5, 5.41) is 9.09. The Bertz CT molecular complexity index is 587. The summed E-state index contributed by atoms with van der Waals surface area (Å²) in [5.74, 6) is -2.10. The molecular weight excluding hydrogens is 288 g/mol. The Morgan fingerprint density at radius 2 is 2.05 bits per heavy atom. The lowest BCUT2D eigenvalue weighted by molar-refractivity contribution is -0.143. The molecule has 7 heteroatoms. The van der Waals surface area contributed by atoms with Crippen molar-refractivity contribution in [1.29, 1.82) is 0 Å². The average Bonchev–Trinajstić information content (AvgIpc) is 2.52. The molecule has 22 heavy (non-hydrogen) atoms. The molecule has 0 radical (unpaired) electrons. The number of aliphatic carboxylic acids is 1. The van der Waals surface area contributed by atoms with Gasteiger partial charge in [-0.15, -0.1) is 0 Å². The fourth-order valence-electron chi connectivity index (χ4n) is 2.45. The summed E-state index contributed by atoms with van der Waals surface area (Å²) in [6.45, 7) is 0.368. The average molecular weight is 306 g/mol. The zero-order valence-electron chi connectivity index (χ0n) is 12.0. The molecule has 2 rings (SSSR count). The van der Waals surface area contributed by atoms with Gasteiger partial charge in [-0.1, -0.05) is 12.1 Å². The smallest absolute Gasteiger partial charge is 0.308 e. The van der Waals surface area contributed by atoms with Crippen LogP contribution in [0.25, 0.3) is 0 Å². The van der Waals surface area contributed by atoms with E-state index in [0.29, 0.717) is 24.9 Å². The minimum atomic E-state index is -0.893. The van der Waals surface area contributed by atoms with Crippen LogP contribution >= 0.6 is 0 Å². The molecule has 1 aromatic rings. The molecule has 0 aromatic heterocycles. The third kappa shape index (κ3) is 3.75. The number of likely N-dealkylation sites (tertiary alicyclic amines) is 1. The molecule has 0 spiro atoms. The first-order valence-electron chi connectivity index (χ1n) is 7.01. The number of para-hydroxylation sites is 1. The van der Waals surface area contributed by atoms with Crippen molar-refractivity contribution in [1.82, 2.24) is 4.90 Å². The molecule has 1 heterocycles. The second-order valence-corrected chi connectivity index (χ2v) is 5.18. The summed E-state index contributed by atoms with van der Waals surface area (Å²) in [4.78, 5) is 36.0. The van der Waals surface area contributed by atoms with Crippen LogP contribution in [0.4, 0.5) is 0 Å². The predicted molar refractivity (Wildman–Crippen MR) is 77.4 cm³/mol. The number of carboxylic acid groups (broad SMARTS) is 1. The number of ether oxygens (including phenoxy) is 1. The molecule has 1 saturated heterocycles. The van der Waals surface area contributed by atoms with E-state index in [2.05, 4.69) is 0 Å². The molecule has 0 saturated carbocycles. The lowest BCUT2D eigenvalue weighted by atomic mass is 9.97. The SMILES string of the molecule is NC(=O)COc1ccccc1C(=O)N1CCCC(C(=O)O)C1. The van der Waals surface area contributed by atoms with Gasteiger partial charge in [0.05, 0.1) is 11.5 Å². The van der Waals surface area contributed by atoms with Crippen molar-refractivity contribution in [3.63, 3.8) is 0 Å². The van der Waals surface area contributed by atoms with Crippen LogP contribution in [0.2, 0.25) is 0 Å². The maximum absolute atomic E-state index is 12.6. The number of carbonyl (C=O) groups excluding carboxylic acids is 2. The van der Waals surface area contributed by atoms with Crippen LogP contribution < -0.4 is 10.5 Å². The van der Waals surface area contributed by atoms with Gasteiger partial charge in [0.25, 0.3) is 11.8 Å². The largest absolute Gasteiger partial charge is 0.483 e. The second-order valence-electron chi connectivity index (χ2n) is 5.18. The lowest BCUT2D eigenvalue weighted by Crippen LogP contribution is -2.42. The monoisotopic (exact) mass is 306 g/mol. The van der Waals surface area contributed by atoms with Crippen LogP contribution in [-0.2, 0) is 9.59 Å². The molecule has 2 amide bonds. The van der Waals surface area contributed by atoms with Crippen molar-refractivity contribution in [3.8, 4) is 5.75 Å². The molecule has 1 unspecified atom stereocenters. The van der Waals surface area contributed by atoms with Crippen LogP contribution in [0, 0.1) is 5.92 Å². The summed E-state index contributed by atoms with van der Waals surface area (Å²) in [6, 6.07) is 6.53. The standard InChI is InChI=1S/C15H18N2O5/c16-13(18)9-22-12-6-2-1-5-11(12)14(19)17-7-3-4-10(8-17)15(20)21/h1-2,5-6,10H,3-4,7-9H2,(H2,16,18)(H,20,21). The van der Waals surface area contributed by atoms with Crippen molar-refractivity contribution in [2.45, 2.75) is 12.8 Å². The van der Waals surface area contributed by atoms with E-state index in [4.69, 9.17) is 15.6 Å². The molecule has 0 aliphatic carbocycles. The Labute approximate surface area is 127 Å². The number of hydrogen-bond acceptors (Lipinski definition) is 4. The number of primary amides is 1. The first-order valence-corrected chi connectivity index (χ1v) is 7.01. The summed E-state index contributed by atoms with van der Waals surface area (Å²) in [7, 11) is 0. The summed E-state index contributed by atoms with van der Waals surface area (Å²) in [6.07, 6.45) is 1.21. The molecule has 1 fully saturated rings. The maximum Gasteiger partial charge on any atom is 0.308 e. The quantitative estimate of drug-likeness (QED) is 0.822. The lowest BCUT2D eigenvalue weighted by Gasteiger charge is -2.31. The number of hydrogen-bond donors (Lipinski definition) is 2. The minimum Gasteiger partial charge on any atom is -0.483 e. The van der Waals surface area contributed by atoms with Crippen LogP contribution in [0.3, 0.4) is 0 Å². The van der Waals surface area contributed by atoms with E-state index in [1.807, 2.05) is 0 Å². The van der Waals surface area contributed by atoms with E-state index in [9.17, 15) is 14.4 Å². The number of nitrogens with zero attached hydrogens (tertiary/aromatic N) is 1. The number of amides is 2. The van der Waals surface area contributed by atoms with Gasteiger partial charge >= 0.3 is 5.97 Å². The van der Waals surface area contributed by atoms with Crippen molar-refractivity contribution >= 4 is 17.8 Å². The third-order valence-electron chi connectivity index (χ3n) is 3.55. The predicted octanol–water partition coefficient (Wildman–Crippen LogP) is 0.487. The van der Waals surface area contributed by atoms with E-state index in [-0.39, 0.29) is 24.8 Å². The molecular formula is C15H18N2O5. The van der Waals surface area contributed by atoms with Gasteiger partial charge in [0.2, 0.25) is 0 Å². The van der Waals surface area contributed by atoms with E-state index in [1.165, 1.54) is 4.90 Å². The van der Waals surface area contributed by atoms with Crippen molar-refractivity contribution in [3.05, 3.63) is 29.8 Å². The van der Waals surface area contributed by atoms with Crippen LogP contribution in [-0.4, -0.2) is 47.5 Å². The highest BCUT2D eigenvalue weighted by atomic mass is 16.5. The summed E-state index contributed by atoms with van der Waals surface area (Å²) in [5.41, 5.74) is 5.34. The first-order chi connectivity index (χ1) is 10.5. The van der Waals surface area contributed by atoms with Crippen molar-refractivity contribution in [2.24, 2.45) is 11.7 Å². The molecule has 7 nitrogen and oxygen atoms in total. The van der Waals surface area contributed by atoms with Crippen LogP contribution in [0.1, 0.15) is 23.2 Å². The van der Waals surface area contributed by atoms with Gasteiger partial charge in [-0.3, -0.25) is 14.4 Å². The van der Waals surface area contributed by atoms with E-state index >= 15 is 0 Å². The number of nitrogens with two attached hydrogens (primary N) is 1. The third-order valence-corrected chi connectivity index (χ3v) is 3.55. The Morgan fingerprint density at radius 1 is 1.32 bits per heavy atom. The fourth-order valence-corrected chi connectivity index (χ4v) is 2.45. The maximum atomic E-state index is 12.6. The normalized spacial score (nSPS) is 17.8. The van der Waals surface area contributed by atoms with Gasteiger partial charge < -0.3 is 20.5 Å². The Morgan fingerprint density at radius 3 is 2.73 bits per heavy atom. The number of rotatable bonds is 5. The molecule has 3 N–H and O–H groups in total. The molecule has 1 aliphatic heterocycles. The topological polar surface area (TPSA) is 110 Å². The minimum absolute atomic E-state index is 0.179. The Balaban J connectivity index is 2.15. The molecule has 1 aliphatic rings. The first kappa shape index (κ1) is 15.8. The molecule has 118 valence electrons. The van der Waals surface area contributed by atoms with Gasteiger partial charge in [-0.05, 0) is 25.0 Å². The van der Waals surface area contributed by atoms with Gasteiger partial charge in [0, 0.05) is 13.1 Å². The van der Waals surface area contributed by atoms with Crippen molar-refractivity contribution in [2.75, 3.05) is 19.7 Å². The summed E-state index contributed by atoms with van der Waals surface area (Å²) >= 11 is 0. The van der Waals surface area contributed by atoms with Crippen LogP contribution in [0.5, 0.6) is 5.75 Å². The van der Waals surface area contributed by atoms with Gasteiger partial charge in [-0.25, -0.2) is 0 Å². The number of benzene rings is 1. The van der Waals surface area contributed by atoms with Crippen LogP contribution in [0.15, 0.2) is 24.3 Å². The zero-order chi connectivity index (χ0) is 16.1. The molecule has 1 aromatic carbocycles. The molecule has 0 bridgehead atoms. The Hall–Kier alpha value is -2.57. The zero-order valence-corrected chi connectivity index (χ0v) is 12.0. The highest BCUT2D eigenvalue weighted by molar-refractivity contribution is 5.97. The van der Waals surface area contributed by atoms with Gasteiger partial charge in [-0.2, -0.15) is 0 Å². The number of carbonyl (C=O) groups is 3. The van der Waals surface area contributed by atoms with E-state index in [0.717, 1.165) is 0 Å². The van der Waals surface area contributed by atoms with E-state index in [1.54, 1.807) is 24.3 Å². The molecule has 1 atom stereocenters. The number of carboxylic acids is 1. The van der Waals surface area contributed by atoms with Gasteiger partial charge in [0.15, 0.2) is 6.61 Å². The number of piperidine rings is 1. The summed E-state index contributed by atoms with van der Waals surface area (Å²) < 4.78 is 5.25. The highest BCUT2D eigenvalue weighted by Crippen LogP contribution is 2.23. The van der Waals surface area contributed by atoms with E-state index < -0.39 is 17.8 Å². The van der Waals surface area contributed by atoms with Gasteiger partial charge in [0.1, 0.15) is 5.75 Å².